The van der Waals surface area contributed by atoms with Gasteiger partial charge in [-0.1, -0.05) is 0 Å². The van der Waals surface area contributed by atoms with Gasteiger partial charge >= 0.3 is 61.0 Å². The first-order chi connectivity index (χ1) is 2.00. The van der Waals surface area contributed by atoms with Gasteiger partial charge in [-0.05, 0) is 0 Å². The van der Waals surface area contributed by atoms with Gasteiger partial charge in [0.05, 0.1) is 0 Å². The Morgan fingerprint density at radius 1 is 0.833 bits per heavy atom. The van der Waals surface area contributed by atoms with Gasteiger partial charge < -0.3 is 0 Å². The van der Waals surface area contributed by atoms with Crippen LogP contribution < -0.4 is 0 Å². The van der Waals surface area contributed by atoms with Crippen molar-refractivity contribution >= 4 is 53.2 Å². The van der Waals surface area contributed by atoms with Gasteiger partial charge in [0.2, 0.25) is 0 Å². The van der Waals surface area contributed by atoms with Crippen LogP contribution in [0.15, 0.2) is 0 Å². The molecule has 0 atom stereocenters. The van der Waals surface area contributed by atoms with Crippen molar-refractivity contribution in [1.29, 1.82) is 0 Å². The molecule has 0 saturated heterocycles. The number of hydrogen-bond acceptors (Lipinski definition) is 0. The van der Waals surface area contributed by atoms with Crippen molar-refractivity contribution < 1.29 is 24.6 Å². The molecule has 0 heterocycles. The average Bonchev–Trinajstić information content (AvgIpc) is 0.722. The van der Waals surface area contributed by atoms with E-state index in [1.807, 2.05) is 0 Å². The van der Waals surface area contributed by atoms with Gasteiger partial charge in [-0.25, -0.2) is 0 Å². The normalized spacial score (nSPS) is 12.7. The summed E-state index contributed by atoms with van der Waals surface area (Å²) in [5, 5.41) is 0. The zero-order chi connectivity index (χ0) is 4.50. The Hall–Kier alpha value is 3.11. The Morgan fingerprint density at radius 3 is 0.833 bits per heavy atom. The van der Waals surface area contributed by atoms with Crippen molar-refractivity contribution in [3.63, 3.8) is 0 Å². The summed E-state index contributed by atoms with van der Waals surface area (Å²) in [6, 6.07) is 0. The second-order valence-electron chi connectivity index (χ2n) is 0.350. The Labute approximate surface area is 76.2 Å². The Balaban J connectivity index is 0. The average molecular weight is 562 g/mol. The first kappa shape index (κ1) is 11.9. The van der Waals surface area contributed by atoms with Crippen molar-refractivity contribution in [2.24, 2.45) is 0 Å². The second-order valence-corrected chi connectivity index (χ2v) is 77.3. The van der Waals surface area contributed by atoms with Crippen LogP contribution in [-0.2, 0) is 24.6 Å². The van der Waals surface area contributed by atoms with E-state index in [4.69, 9.17) is 0 Å². The summed E-state index contributed by atoms with van der Waals surface area (Å²) in [7, 11) is -1.92. The molecule has 43 valence electrons. The molecular formula is Br4CoW. The standard InChI is InChI=1S/4BrH.Co.W/h4*1H;;/q;;;;;+4/p-4. The van der Waals surface area contributed by atoms with E-state index in [-0.39, 0.29) is 16.8 Å². The SMILES string of the molecule is [Br][W]([Br])([Br])[Br].[Co]. The molecule has 0 unspecified atom stereocenters. The van der Waals surface area contributed by atoms with Crippen molar-refractivity contribution in [2.45, 2.75) is 0 Å². The minimum absolute atomic E-state index is 0. The molecule has 0 bridgehead atoms. The summed E-state index contributed by atoms with van der Waals surface area (Å²) in [5.74, 6) is 0. The van der Waals surface area contributed by atoms with E-state index in [1.165, 1.54) is 0 Å². The van der Waals surface area contributed by atoms with Crippen LogP contribution in [-0.4, -0.2) is 0 Å². The van der Waals surface area contributed by atoms with Crippen LogP contribution in [0.4, 0.5) is 0 Å². The van der Waals surface area contributed by atoms with Gasteiger partial charge in [-0.15, -0.1) is 0 Å². The van der Waals surface area contributed by atoms with Crippen LogP contribution in [0.5, 0.6) is 0 Å². The largest absolute Gasteiger partial charge is 0 e. The predicted octanol–water partition coefficient (Wildman–Crippen LogP) is 3.38. The predicted molar refractivity (Wildman–Crippen MR) is 35.7 cm³/mol. The molecule has 6 heavy (non-hydrogen) atoms. The van der Waals surface area contributed by atoms with Crippen molar-refractivity contribution in [2.75, 3.05) is 0 Å². The Morgan fingerprint density at radius 2 is 0.833 bits per heavy atom. The first-order valence-electron chi connectivity index (χ1n) is 0.617. The maximum absolute atomic E-state index is 3.33. The summed E-state index contributed by atoms with van der Waals surface area (Å²) >= 11 is 13.3. The Bertz CT molecular complexity index is 23.0. The summed E-state index contributed by atoms with van der Waals surface area (Å²) in [4.78, 5) is 0. The molecular weight excluding hydrogens is 562 g/mol. The van der Waals surface area contributed by atoms with Crippen LogP contribution in [0.2, 0.25) is 0 Å². The Kier molecular flexibility index (Phi) is 9.77. The monoisotopic (exact) mass is 559 g/mol. The van der Waals surface area contributed by atoms with Crippen LogP contribution >= 0.6 is 53.2 Å². The second kappa shape index (κ2) is 4.94. The molecule has 1 radical (unpaired) electrons. The van der Waals surface area contributed by atoms with Crippen molar-refractivity contribution in [1.82, 2.24) is 0 Å². The fourth-order valence-corrected chi connectivity index (χ4v) is 0. The van der Waals surface area contributed by atoms with Crippen LogP contribution in [0, 0.1) is 0 Å². The maximum atomic E-state index is 3.33. The van der Waals surface area contributed by atoms with E-state index in [1.54, 1.807) is 0 Å². The maximum Gasteiger partial charge on any atom is 0 e. The third kappa shape index (κ3) is 27.4. The number of rotatable bonds is 0. The quantitative estimate of drug-likeness (QED) is 0.425. The van der Waals surface area contributed by atoms with Gasteiger partial charge in [0.25, 0.3) is 0 Å². The van der Waals surface area contributed by atoms with Gasteiger partial charge in [-0.3, -0.25) is 0 Å². The molecule has 0 saturated carbocycles. The minimum Gasteiger partial charge on any atom is 0 e. The molecule has 0 nitrogen and oxygen atoms in total. The fraction of sp³-hybridized carbons (Fsp3) is 0. The molecule has 0 aliphatic rings. The minimum atomic E-state index is -1.92. The van der Waals surface area contributed by atoms with E-state index in [0.717, 1.165) is 0 Å². The van der Waals surface area contributed by atoms with E-state index in [2.05, 4.69) is 53.2 Å². The molecule has 0 rings (SSSR count). The summed E-state index contributed by atoms with van der Waals surface area (Å²) in [6.07, 6.45) is 0. The molecule has 6 heteroatoms. The molecule has 0 aliphatic heterocycles. The van der Waals surface area contributed by atoms with Gasteiger partial charge in [-0.2, -0.15) is 0 Å². The molecule has 0 fully saturated rings. The van der Waals surface area contributed by atoms with Crippen LogP contribution in [0.1, 0.15) is 0 Å². The summed E-state index contributed by atoms with van der Waals surface area (Å²) < 4.78 is 0. The first-order valence-corrected chi connectivity index (χ1v) is 26.3. The molecule has 0 aliphatic carbocycles. The zero-order valence-electron chi connectivity index (χ0n) is 2.25. The van der Waals surface area contributed by atoms with Crippen LogP contribution in [0.25, 0.3) is 0 Å². The van der Waals surface area contributed by atoms with E-state index >= 15 is 0 Å². The number of halogens is 4. The number of hydrogen-bond donors (Lipinski definition) is 0. The third-order valence-electron chi connectivity index (χ3n) is 0. The van der Waals surface area contributed by atoms with Crippen molar-refractivity contribution in [3.8, 4) is 0 Å². The van der Waals surface area contributed by atoms with Crippen molar-refractivity contribution in [3.05, 3.63) is 0 Å². The molecule has 0 aromatic carbocycles. The summed E-state index contributed by atoms with van der Waals surface area (Å²) in [5.41, 5.74) is 0. The third-order valence-corrected chi connectivity index (χ3v) is 0. The molecule has 0 N–H and O–H groups in total. The fourth-order valence-electron chi connectivity index (χ4n) is 0. The van der Waals surface area contributed by atoms with Gasteiger partial charge in [0, 0.05) is 16.8 Å². The summed E-state index contributed by atoms with van der Waals surface area (Å²) in [6.45, 7) is 0. The van der Waals surface area contributed by atoms with Crippen LogP contribution in [0.3, 0.4) is 0 Å². The van der Waals surface area contributed by atoms with Gasteiger partial charge in [0.1, 0.15) is 0 Å². The van der Waals surface area contributed by atoms with E-state index in [0.29, 0.717) is 0 Å². The topological polar surface area (TPSA) is 0 Å². The zero-order valence-corrected chi connectivity index (χ0v) is 12.6. The molecule has 0 spiro atoms. The van der Waals surface area contributed by atoms with Gasteiger partial charge in [0.15, 0.2) is 0 Å². The molecule has 0 aromatic rings. The molecule has 0 aromatic heterocycles. The molecule has 0 amide bonds. The van der Waals surface area contributed by atoms with E-state index < -0.39 is 7.84 Å². The smallest absolute Gasteiger partial charge is 0 e. The van der Waals surface area contributed by atoms with E-state index in [9.17, 15) is 0 Å².